The van der Waals surface area contributed by atoms with Crippen LogP contribution >= 0.6 is 11.3 Å². The summed E-state index contributed by atoms with van der Waals surface area (Å²) < 4.78 is 5.69. The van der Waals surface area contributed by atoms with Crippen LogP contribution in [0.5, 0.6) is 0 Å². The predicted octanol–water partition coefficient (Wildman–Crippen LogP) is 2.00. The van der Waals surface area contributed by atoms with Gasteiger partial charge in [-0.1, -0.05) is 12.8 Å². The van der Waals surface area contributed by atoms with Crippen molar-refractivity contribution in [3.05, 3.63) is 15.6 Å². The zero-order valence-electron chi connectivity index (χ0n) is 14.4. The summed E-state index contributed by atoms with van der Waals surface area (Å²) >= 11 is 1.42. The van der Waals surface area contributed by atoms with E-state index in [1.807, 2.05) is 18.7 Å². The van der Waals surface area contributed by atoms with Gasteiger partial charge in [-0.05, 0) is 26.7 Å². The van der Waals surface area contributed by atoms with Crippen LogP contribution in [0.2, 0.25) is 0 Å². The van der Waals surface area contributed by atoms with Crippen LogP contribution in [0, 0.1) is 13.8 Å². The van der Waals surface area contributed by atoms with E-state index in [2.05, 4.69) is 4.98 Å². The molecule has 0 radical (unpaired) electrons. The summed E-state index contributed by atoms with van der Waals surface area (Å²) in [6.07, 6.45) is 3.95. The van der Waals surface area contributed by atoms with Gasteiger partial charge in [0.15, 0.2) is 6.10 Å². The highest BCUT2D eigenvalue weighted by atomic mass is 32.1. The van der Waals surface area contributed by atoms with Gasteiger partial charge in [0.25, 0.3) is 11.8 Å². The molecule has 1 atom stereocenters. The number of likely N-dealkylation sites (tertiary alicyclic amines) is 1. The quantitative estimate of drug-likeness (QED) is 0.818. The molecule has 1 unspecified atom stereocenters. The van der Waals surface area contributed by atoms with Crippen molar-refractivity contribution in [2.24, 2.45) is 0 Å². The molecule has 2 saturated heterocycles. The van der Waals surface area contributed by atoms with Gasteiger partial charge in [-0.15, -0.1) is 11.3 Å². The number of morpholine rings is 1. The van der Waals surface area contributed by atoms with E-state index in [0.717, 1.165) is 36.6 Å². The van der Waals surface area contributed by atoms with Crippen molar-refractivity contribution in [1.29, 1.82) is 0 Å². The Hall–Kier alpha value is -1.47. The van der Waals surface area contributed by atoms with Crippen LogP contribution in [0.1, 0.15) is 46.1 Å². The number of aromatic nitrogens is 1. The monoisotopic (exact) mass is 351 g/mol. The molecule has 7 heteroatoms. The van der Waals surface area contributed by atoms with E-state index in [4.69, 9.17) is 4.74 Å². The van der Waals surface area contributed by atoms with E-state index in [9.17, 15) is 9.59 Å². The van der Waals surface area contributed by atoms with E-state index >= 15 is 0 Å². The lowest BCUT2D eigenvalue weighted by Gasteiger charge is -2.34. The molecule has 24 heavy (non-hydrogen) atoms. The van der Waals surface area contributed by atoms with E-state index < -0.39 is 6.10 Å². The Morgan fingerprint density at radius 1 is 1.08 bits per heavy atom. The summed E-state index contributed by atoms with van der Waals surface area (Å²) in [6, 6.07) is 0. The molecule has 2 fully saturated rings. The minimum absolute atomic E-state index is 0.0323. The Balaban J connectivity index is 1.66. The number of amides is 2. The van der Waals surface area contributed by atoms with Crippen LogP contribution in [0.15, 0.2) is 0 Å². The molecule has 6 nitrogen and oxygen atoms in total. The average Bonchev–Trinajstić information content (AvgIpc) is 2.80. The number of nitrogens with zero attached hydrogens (tertiary/aromatic N) is 3. The number of ether oxygens (including phenoxy) is 1. The van der Waals surface area contributed by atoms with Crippen molar-refractivity contribution in [3.8, 4) is 0 Å². The topological polar surface area (TPSA) is 62.7 Å². The fraction of sp³-hybridized carbons (Fsp3) is 0.706. The highest BCUT2D eigenvalue weighted by Crippen LogP contribution is 2.21. The van der Waals surface area contributed by atoms with E-state index in [0.29, 0.717) is 24.6 Å². The summed E-state index contributed by atoms with van der Waals surface area (Å²) in [5, 5.41) is 0.890. The van der Waals surface area contributed by atoms with Crippen LogP contribution in [-0.2, 0) is 9.53 Å². The zero-order chi connectivity index (χ0) is 17.1. The number of carbonyl (C=O) groups is 2. The summed E-state index contributed by atoms with van der Waals surface area (Å²) in [5.41, 5.74) is 0.768. The maximum Gasteiger partial charge on any atom is 0.266 e. The van der Waals surface area contributed by atoms with E-state index in [-0.39, 0.29) is 11.8 Å². The Kier molecular flexibility index (Phi) is 5.50. The normalized spacial score (nSPS) is 22.3. The molecule has 0 spiro atoms. The molecular formula is C17H25N3O3S. The number of hydrogen-bond acceptors (Lipinski definition) is 5. The van der Waals surface area contributed by atoms with Crippen molar-refractivity contribution in [2.75, 3.05) is 32.8 Å². The summed E-state index contributed by atoms with van der Waals surface area (Å²) in [7, 11) is 0. The SMILES string of the molecule is Cc1nc(C)c(C(=O)N2CCOC(C(=O)N3CCCCCC3)C2)s1. The summed E-state index contributed by atoms with van der Waals surface area (Å²) in [5.74, 6) is 0.00155. The first-order valence-electron chi connectivity index (χ1n) is 8.70. The Labute approximate surface area is 146 Å². The van der Waals surface area contributed by atoms with Gasteiger partial charge in [0.05, 0.1) is 23.9 Å². The first-order valence-corrected chi connectivity index (χ1v) is 9.51. The van der Waals surface area contributed by atoms with Crippen LogP contribution in [-0.4, -0.2) is 65.5 Å². The molecular weight excluding hydrogens is 326 g/mol. The van der Waals surface area contributed by atoms with Crippen LogP contribution < -0.4 is 0 Å². The second-order valence-corrected chi connectivity index (χ2v) is 7.70. The molecule has 3 heterocycles. The molecule has 2 aliphatic heterocycles. The Bertz CT molecular complexity index is 608. The number of hydrogen-bond donors (Lipinski definition) is 0. The second kappa shape index (κ2) is 7.61. The molecule has 2 aliphatic rings. The Morgan fingerprint density at radius 3 is 2.42 bits per heavy atom. The highest BCUT2D eigenvalue weighted by molar-refractivity contribution is 7.13. The standard InChI is InChI=1S/C17H25N3O3S/c1-12-15(24-13(2)18-12)17(22)20-9-10-23-14(11-20)16(21)19-7-5-3-4-6-8-19/h14H,3-11H2,1-2H3. The van der Waals surface area contributed by atoms with Gasteiger partial charge < -0.3 is 14.5 Å². The van der Waals surface area contributed by atoms with Crippen molar-refractivity contribution in [1.82, 2.24) is 14.8 Å². The first kappa shape index (κ1) is 17.4. The molecule has 1 aromatic heterocycles. The third kappa shape index (κ3) is 3.78. The molecule has 0 N–H and O–H groups in total. The minimum atomic E-state index is -0.532. The molecule has 0 aromatic carbocycles. The van der Waals surface area contributed by atoms with Gasteiger partial charge in [0.1, 0.15) is 4.88 Å². The second-order valence-electron chi connectivity index (χ2n) is 6.50. The maximum absolute atomic E-state index is 12.7. The molecule has 0 aliphatic carbocycles. The lowest BCUT2D eigenvalue weighted by Crippen LogP contribution is -2.52. The van der Waals surface area contributed by atoms with Gasteiger partial charge in [0.2, 0.25) is 0 Å². The third-order valence-electron chi connectivity index (χ3n) is 4.64. The van der Waals surface area contributed by atoms with Gasteiger partial charge >= 0.3 is 0 Å². The molecule has 3 rings (SSSR count). The van der Waals surface area contributed by atoms with Crippen molar-refractivity contribution in [2.45, 2.75) is 45.6 Å². The number of rotatable bonds is 2. The fourth-order valence-electron chi connectivity index (χ4n) is 3.35. The van der Waals surface area contributed by atoms with Crippen molar-refractivity contribution >= 4 is 23.2 Å². The molecule has 0 bridgehead atoms. The zero-order valence-corrected chi connectivity index (χ0v) is 15.2. The number of thiazole rings is 1. The molecule has 2 amide bonds. The van der Waals surface area contributed by atoms with Crippen LogP contribution in [0.4, 0.5) is 0 Å². The van der Waals surface area contributed by atoms with Crippen LogP contribution in [0.3, 0.4) is 0 Å². The van der Waals surface area contributed by atoms with Crippen molar-refractivity contribution in [3.63, 3.8) is 0 Å². The lowest BCUT2D eigenvalue weighted by molar-refractivity contribution is -0.148. The van der Waals surface area contributed by atoms with Gasteiger partial charge in [-0.25, -0.2) is 4.98 Å². The summed E-state index contributed by atoms with van der Waals surface area (Å²) in [6.45, 7) is 6.65. The smallest absolute Gasteiger partial charge is 0.266 e. The van der Waals surface area contributed by atoms with Crippen LogP contribution in [0.25, 0.3) is 0 Å². The Morgan fingerprint density at radius 2 is 1.79 bits per heavy atom. The largest absolute Gasteiger partial charge is 0.365 e. The predicted molar refractivity (Wildman–Crippen MR) is 92.3 cm³/mol. The lowest BCUT2D eigenvalue weighted by atomic mass is 10.2. The van der Waals surface area contributed by atoms with Crippen molar-refractivity contribution < 1.29 is 14.3 Å². The van der Waals surface area contributed by atoms with Gasteiger partial charge in [0, 0.05) is 19.6 Å². The third-order valence-corrected chi connectivity index (χ3v) is 5.71. The highest BCUT2D eigenvalue weighted by Gasteiger charge is 2.33. The molecule has 132 valence electrons. The fourth-order valence-corrected chi connectivity index (χ4v) is 4.24. The first-order chi connectivity index (χ1) is 11.6. The molecule has 1 aromatic rings. The molecule has 0 saturated carbocycles. The average molecular weight is 351 g/mol. The number of aryl methyl sites for hydroxylation is 2. The minimum Gasteiger partial charge on any atom is -0.365 e. The summed E-state index contributed by atoms with van der Waals surface area (Å²) in [4.78, 5) is 34.1. The van der Waals surface area contributed by atoms with E-state index in [1.54, 1.807) is 4.90 Å². The maximum atomic E-state index is 12.7. The number of carbonyl (C=O) groups excluding carboxylic acids is 2. The van der Waals surface area contributed by atoms with E-state index in [1.165, 1.54) is 24.2 Å². The van der Waals surface area contributed by atoms with Gasteiger partial charge in [-0.3, -0.25) is 9.59 Å². The van der Waals surface area contributed by atoms with Gasteiger partial charge in [-0.2, -0.15) is 0 Å².